The number of carbonyl (C=O) groups is 2. The van der Waals surface area contributed by atoms with E-state index in [1.165, 1.54) is 12.8 Å². The van der Waals surface area contributed by atoms with Crippen LogP contribution < -0.4 is 0 Å². The van der Waals surface area contributed by atoms with E-state index in [4.69, 9.17) is 4.74 Å². The van der Waals surface area contributed by atoms with Crippen LogP contribution >= 0.6 is 0 Å². The van der Waals surface area contributed by atoms with Crippen LogP contribution in [-0.4, -0.2) is 29.1 Å². The first kappa shape index (κ1) is 18.1. The van der Waals surface area contributed by atoms with Crippen molar-refractivity contribution in [3.63, 3.8) is 0 Å². The zero-order chi connectivity index (χ0) is 19.1. The molecule has 0 unspecified atom stereocenters. The molecule has 0 aromatic heterocycles. The molecule has 0 radical (unpaired) electrons. The molecule has 1 aliphatic heterocycles. The van der Waals surface area contributed by atoms with Gasteiger partial charge in [-0.2, -0.15) is 0 Å². The molecule has 4 heteroatoms. The standard InChI is InChI=1S/C23H34O4/c1-12-8-20(26)27-19-11-16-14-10-18(25)17-9-13(24)4-6-22(17,2)15(14)5-7-23(16,3)21(12)19/h12-17,19,21,24H,4-11H2,1-3H3/t12-,13+,14-,15+,16+,17-,19+,21+,22-,23+/m1/s1. The van der Waals surface area contributed by atoms with Crippen LogP contribution in [0.15, 0.2) is 0 Å². The van der Waals surface area contributed by atoms with Crippen molar-refractivity contribution < 1.29 is 19.4 Å². The molecule has 0 bridgehead atoms. The van der Waals surface area contributed by atoms with Crippen LogP contribution in [0.4, 0.5) is 0 Å². The fraction of sp³-hybridized carbons (Fsp3) is 0.913. The van der Waals surface area contributed by atoms with Crippen LogP contribution in [0.1, 0.15) is 72.1 Å². The molecule has 5 aliphatic rings. The summed E-state index contributed by atoms with van der Waals surface area (Å²) in [7, 11) is 0. The summed E-state index contributed by atoms with van der Waals surface area (Å²) in [6, 6.07) is 0. The van der Waals surface area contributed by atoms with Gasteiger partial charge in [-0.3, -0.25) is 9.59 Å². The second kappa shape index (κ2) is 5.81. The number of ether oxygens (including phenoxy) is 1. The van der Waals surface area contributed by atoms with Gasteiger partial charge in [-0.1, -0.05) is 20.8 Å². The summed E-state index contributed by atoms with van der Waals surface area (Å²) in [5.41, 5.74) is 0.250. The third kappa shape index (κ3) is 2.37. The van der Waals surface area contributed by atoms with E-state index >= 15 is 0 Å². The lowest BCUT2D eigenvalue weighted by atomic mass is 9.44. The number of aliphatic hydroxyl groups is 1. The fourth-order valence-corrected chi connectivity index (χ4v) is 8.79. The molecule has 4 saturated carbocycles. The van der Waals surface area contributed by atoms with Crippen molar-refractivity contribution >= 4 is 11.8 Å². The number of ketones is 1. The van der Waals surface area contributed by atoms with Crippen molar-refractivity contribution in [3.05, 3.63) is 0 Å². The van der Waals surface area contributed by atoms with E-state index in [-0.39, 0.29) is 34.9 Å². The molecule has 0 amide bonds. The lowest BCUT2D eigenvalue weighted by Crippen LogP contribution is -2.57. The van der Waals surface area contributed by atoms with Crippen LogP contribution in [0.25, 0.3) is 0 Å². The fourth-order valence-electron chi connectivity index (χ4n) is 8.79. The predicted molar refractivity (Wildman–Crippen MR) is 101 cm³/mol. The van der Waals surface area contributed by atoms with E-state index in [0.717, 1.165) is 19.3 Å². The van der Waals surface area contributed by atoms with E-state index < -0.39 is 0 Å². The van der Waals surface area contributed by atoms with Crippen molar-refractivity contribution in [2.45, 2.75) is 84.3 Å². The zero-order valence-corrected chi connectivity index (χ0v) is 16.9. The van der Waals surface area contributed by atoms with Gasteiger partial charge in [-0.25, -0.2) is 0 Å². The van der Waals surface area contributed by atoms with Crippen molar-refractivity contribution in [2.75, 3.05) is 0 Å². The average molecular weight is 375 g/mol. The number of carbonyl (C=O) groups excluding carboxylic acids is 2. The van der Waals surface area contributed by atoms with Crippen LogP contribution in [0.3, 0.4) is 0 Å². The van der Waals surface area contributed by atoms with Gasteiger partial charge in [-0.15, -0.1) is 0 Å². The minimum Gasteiger partial charge on any atom is -0.462 e. The van der Waals surface area contributed by atoms with E-state index in [2.05, 4.69) is 20.8 Å². The molecular weight excluding hydrogens is 340 g/mol. The lowest BCUT2D eigenvalue weighted by Gasteiger charge is -2.60. The van der Waals surface area contributed by atoms with Gasteiger partial charge < -0.3 is 9.84 Å². The maximum Gasteiger partial charge on any atom is 0.306 e. The first-order chi connectivity index (χ1) is 12.7. The summed E-state index contributed by atoms with van der Waals surface area (Å²) in [6.45, 7) is 6.99. The molecule has 150 valence electrons. The molecule has 1 saturated heterocycles. The first-order valence-corrected chi connectivity index (χ1v) is 11.1. The summed E-state index contributed by atoms with van der Waals surface area (Å²) in [5.74, 6) is 2.75. The molecule has 1 N–H and O–H groups in total. The Labute approximate surface area is 162 Å². The second-order valence-corrected chi connectivity index (χ2v) is 11.0. The minimum absolute atomic E-state index is 0.0319. The summed E-state index contributed by atoms with van der Waals surface area (Å²) >= 11 is 0. The Morgan fingerprint density at radius 3 is 2.52 bits per heavy atom. The Balaban J connectivity index is 1.49. The predicted octanol–water partition coefficient (Wildman–Crippen LogP) is 3.75. The number of hydrogen-bond acceptors (Lipinski definition) is 4. The molecule has 0 aromatic carbocycles. The van der Waals surface area contributed by atoms with Gasteiger partial charge in [-0.05, 0) is 73.0 Å². The van der Waals surface area contributed by atoms with Gasteiger partial charge in [0.15, 0.2) is 0 Å². The van der Waals surface area contributed by atoms with E-state index in [1.807, 2.05) is 0 Å². The quantitative estimate of drug-likeness (QED) is 0.656. The van der Waals surface area contributed by atoms with Crippen LogP contribution in [0.2, 0.25) is 0 Å². The van der Waals surface area contributed by atoms with Crippen molar-refractivity contribution in [1.82, 2.24) is 0 Å². The summed E-state index contributed by atoms with van der Waals surface area (Å²) in [4.78, 5) is 25.2. The number of hydrogen-bond donors (Lipinski definition) is 1. The molecule has 5 fully saturated rings. The Hall–Kier alpha value is -0.900. The number of fused-ring (bicyclic) bond motifs is 7. The van der Waals surface area contributed by atoms with Gasteiger partial charge in [0, 0.05) is 24.7 Å². The topological polar surface area (TPSA) is 63.6 Å². The largest absolute Gasteiger partial charge is 0.462 e. The third-order valence-electron chi connectivity index (χ3n) is 9.90. The van der Waals surface area contributed by atoms with E-state index in [9.17, 15) is 14.7 Å². The maximum atomic E-state index is 13.2. The van der Waals surface area contributed by atoms with Gasteiger partial charge >= 0.3 is 5.97 Å². The molecule has 5 rings (SSSR count). The SMILES string of the molecule is C[C@@H]1CC(=O)O[C@H]2C[C@H]3[C@@H]4CC(=O)[C@H]5C[C@@H](O)CC[C@]5(C)[C@H]4CC[C@]3(C)[C@@H]12. The monoisotopic (exact) mass is 374 g/mol. The molecule has 27 heavy (non-hydrogen) atoms. The first-order valence-electron chi connectivity index (χ1n) is 11.1. The van der Waals surface area contributed by atoms with Crippen LogP contribution in [-0.2, 0) is 14.3 Å². The Morgan fingerprint density at radius 1 is 1.00 bits per heavy atom. The number of Topliss-reactive ketones (excluding diaryl/α,β-unsaturated/α-hetero) is 1. The van der Waals surface area contributed by atoms with E-state index in [0.29, 0.717) is 54.6 Å². The van der Waals surface area contributed by atoms with Gasteiger partial charge in [0.05, 0.1) is 6.10 Å². The van der Waals surface area contributed by atoms with Gasteiger partial charge in [0.25, 0.3) is 0 Å². The highest BCUT2D eigenvalue weighted by Gasteiger charge is 2.65. The second-order valence-electron chi connectivity index (χ2n) is 11.0. The van der Waals surface area contributed by atoms with Crippen LogP contribution in [0.5, 0.6) is 0 Å². The normalized spacial score (nSPS) is 57.2. The summed E-state index contributed by atoms with van der Waals surface area (Å²) < 4.78 is 5.83. The van der Waals surface area contributed by atoms with Gasteiger partial charge in [0.1, 0.15) is 11.9 Å². The third-order valence-corrected chi connectivity index (χ3v) is 9.90. The highest BCUT2D eigenvalue weighted by atomic mass is 16.5. The smallest absolute Gasteiger partial charge is 0.306 e. The average Bonchev–Trinajstić information content (AvgIpc) is 2.89. The molecule has 1 heterocycles. The number of esters is 1. The highest BCUT2D eigenvalue weighted by molar-refractivity contribution is 5.83. The van der Waals surface area contributed by atoms with Crippen molar-refractivity contribution in [3.8, 4) is 0 Å². The molecule has 4 aliphatic carbocycles. The van der Waals surface area contributed by atoms with Crippen LogP contribution in [0, 0.1) is 46.3 Å². The minimum atomic E-state index is -0.299. The lowest BCUT2D eigenvalue weighted by molar-refractivity contribution is -0.166. The van der Waals surface area contributed by atoms with Crippen molar-refractivity contribution in [2.24, 2.45) is 46.3 Å². The highest BCUT2D eigenvalue weighted by Crippen LogP contribution is 2.68. The zero-order valence-electron chi connectivity index (χ0n) is 16.9. The Morgan fingerprint density at radius 2 is 1.74 bits per heavy atom. The van der Waals surface area contributed by atoms with Gasteiger partial charge in [0.2, 0.25) is 0 Å². The molecule has 0 spiro atoms. The number of rotatable bonds is 0. The Kier molecular flexibility index (Phi) is 3.90. The van der Waals surface area contributed by atoms with Crippen molar-refractivity contribution in [1.29, 1.82) is 0 Å². The summed E-state index contributed by atoms with van der Waals surface area (Å²) in [6.07, 6.45) is 6.82. The summed E-state index contributed by atoms with van der Waals surface area (Å²) in [5, 5.41) is 10.2. The maximum absolute atomic E-state index is 13.2. The molecule has 10 atom stereocenters. The molecule has 4 nitrogen and oxygen atoms in total. The Bertz CT molecular complexity index is 673. The molecular formula is C23H34O4. The van der Waals surface area contributed by atoms with E-state index in [1.54, 1.807) is 0 Å². The molecule has 0 aromatic rings. The number of aliphatic hydroxyl groups excluding tert-OH is 1.